The number of hydrogen-bond acceptors (Lipinski definition) is 5. The Morgan fingerprint density at radius 1 is 1.00 bits per heavy atom. The van der Waals surface area contributed by atoms with Gasteiger partial charge in [0, 0.05) is 17.8 Å². The molecule has 1 aliphatic heterocycles. The van der Waals surface area contributed by atoms with Crippen molar-refractivity contribution < 1.29 is 13.2 Å². The van der Waals surface area contributed by atoms with Gasteiger partial charge in [0.15, 0.2) is 0 Å². The van der Waals surface area contributed by atoms with Crippen molar-refractivity contribution in [2.45, 2.75) is 57.9 Å². The van der Waals surface area contributed by atoms with Crippen LogP contribution in [0, 0.1) is 6.92 Å². The summed E-state index contributed by atoms with van der Waals surface area (Å²) in [5.74, 6) is -0.0631. The van der Waals surface area contributed by atoms with Crippen LogP contribution >= 0.6 is 0 Å². The zero-order chi connectivity index (χ0) is 22.8. The van der Waals surface area contributed by atoms with E-state index in [1.165, 1.54) is 4.31 Å². The maximum atomic E-state index is 13.7. The first-order chi connectivity index (χ1) is 14.6. The van der Waals surface area contributed by atoms with Gasteiger partial charge in [-0.1, -0.05) is 43.7 Å². The molecule has 0 bridgehead atoms. The number of nitrogens with zero attached hydrogens (tertiary/aromatic N) is 1. The highest BCUT2D eigenvalue weighted by Crippen LogP contribution is 2.27. The molecule has 1 amide bonds. The molecule has 1 fully saturated rings. The summed E-state index contributed by atoms with van der Waals surface area (Å²) in [5, 5.41) is 2.10. The van der Waals surface area contributed by atoms with Crippen molar-refractivity contribution in [2.24, 2.45) is 0 Å². The van der Waals surface area contributed by atoms with E-state index >= 15 is 0 Å². The topological polar surface area (TPSA) is 90.5 Å². The van der Waals surface area contributed by atoms with E-state index in [1.54, 1.807) is 24.3 Å². The van der Waals surface area contributed by atoms with Crippen LogP contribution in [-0.2, 0) is 14.8 Å². The normalized spacial score (nSPS) is 21.3. The molecule has 0 aliphatic carbocycles. The van der Waals surface area contributed by atoms with Gasteiger partial charge in [-0.15, -0.1) is 0 Å². The lowest BCUT2D eigenvalue weighted by Crippen LogP contribution is -2.49. The summed E-state index contributed by atoms with van der Waals surface area (Å²) < 4.78 is 28.6. The molecule has 2 aromatic carbocycles. The van der Waals surface area contributed by atoms with E-state index in [9.17, 15) is 13.2 Å². The number of amides is 1. The molecule has 0 spiro atoms. The van der Waals surface area contributed by atoms with Crippen molar-refractivity contribution in [1.82, 2.24) is 10.9 Å². The van der Waals surface area contributed by atoms with Crippen molar-refractivity contribution in [3.8, 4) is 0 Å². The van der Waals surface area contributed by atoms with Gasteiger partial charge in [0.05, 0.1) is 5.69 Å². The van der Waals surface area contributed by atoms with Crippen molar-refractivity contribution >= 4 is 27.3 Å². The third-order valence-corrected chi connectivity index (χ3v) is 8.10. The first kappa shape index (κ1) is 23.2. The number of carbonyl (C=O) groups is 1. The molecule has 2 unspecified atom stereocenters. The molecule has 0 radical (unpaired) electrons. The van der Waals surface area contributed by atoms with Crippen LogP contribution in [0.15, 0.2) is 48.5 Å². The van der Waals surface area contributed by atoms with Gasteiger partial charge in [-0.2, -0.15) is 0 Å². The molecule has 1 heterocycles. The van der Waals surface area contributed by atoms with E-state index in [0.29, 0.717) is 17.3 Å². The minimum Gasteiger partial charge on any atom is -0.325 e. The molecular weight excluding hydrogens is 412 g/mol. The Hall–Kier alpha value is -2.42. The van der Waals surface area contributed by atoms with Crippen LogP contribution in [0.2, 0.25) is 0 Å². The fraction of sp³-hybridized carbons (Fsp3) is 0.435. The predicted octanol–water partition coefficient (Wildman–Crippen LogP) is 3.15. The number of hydrazine groups is 1. The van der Waals surface area contributed by atoms with Gasteiger partial charge in [0.1, 0.15) is 11.8 Å². The zero-order valence-corrected chi connectivity index (χ0v) is 19.5. The Labute approximate surface area is 185 Å². The Bertz CT molecular complexity index is 994. The summed E-state index contributed by atoms with van der Waals surface area (Å²) in [5.41, 5.74) is 9.30. The van der Waals surface area contributed by atoms with Gasteiger partial charge in [0.2, 0.25) is 15.9 Å². The first-order valence-corrected chi connectivity index (χ1v) is 12.1. The van der Waals surface area contributed by atoms with Crippen molar-refractivity contribution in [3.63, 3.8) is 0 Å². The Morgan fingerprint density at radius 3 is 2.06 bits per heavy atom. The third-order valence-electron chi connectivity index (χ3n) is 5.65. The summed E-state index contributed by atoms with van der Waals surface area (Å²) in [6.07, 6.45) is 0. The highest BCUT2D eigenvalue weighted by molar-refractivity contribution is 7.93. The number of sulfonamides is 1. The van der Waals surface area contributed by atoms with Crippen LogP contribution in [0.5, 0.6) is 0 Å². The molecule has 0 aromatic heterocycles. The van der Waals surface area contributed by atoms with Gasteiger partial charge >= 0.3 is 0 Å². The number of rotatable bonds is 7. The van der Waals surface area contributed by atoms with Crippen LogP contribution in [0.1, 0.15) is 44.7 Å². The number of hydrogen-bond donors (Lipinski definition) is 3. The second-order valence-corrected chi connectivity index (χ2v) is 10.6. The highest BCUT2D eigenvalue weighted by Gasteiger charge is 2.44. The first-order valence-electron chi connectivity index (χ1n) is 10.6. The molecule has 31 heavy (non-hydrogen) atoms. The number of benzene rings is 2. The highest BCUT2D eigenvalue weighted by atomic mass is 32.2. The number of carbonyl (C=O) groups excluding carboxylic acids is 1. The summed E-state index contributed by atoms with van der Waals surface area (Å²) in [6, 6.07) is 14.2. The fourth-order valence-corrected chi connectivity index (χ4v) is 6.02. The largest absolute Gasteiger partial charge is 0.325 e. The van der Waals surface area contributed by atoms with Crippen molar-refractivity contribution in [2.75, 3.05) is 16.2 Å². The Balaban J connectivity index is 1.91. The minimum atomic E-state index is -3.83. The smallest absolute Gasteiger partial charge is 0.245 e. The fourth-order valence-electron chi connectivity index (χ4n) is 3.84. The van der Waals surface area contributed by atoms with E-state index in [-0.39, 0.29) is 24.5 Å². The third kappa shape index (κ3) is 5.26. The second-order valence-electron chi connectivity index (χ2n) is 8.54. The lowest BCUT2D eigenvalue weighted by Gasteiger charge is -2.30. The quantitative estimate of drug-likeness (QED) is 0.610. The van der Waals surface area contributed by atoms with Gasteiger partial charge in [0.25, 0.3) is 0 Å². The van der Waals surface area contributed by atoms with Crippen LogP contribution in [0.4, 0.5) is 11.4 Å². The molecule has 7 nitrogen and oxygen atoms in total. The Morgan fingerprint density at radius 2 is 1.55 bits per heavy atom. The summed E-state index contributed by atoms with van der Waals surface area (Å²) in [4.78, 5) is 12.8. The van der Waals surface area contributed by atoms with Gasteiger partial charge < -0.3 is 5.32 Å². The molecule has 2 atom stereocenters. The molecule has 0 saturated carbocycles. The Kier molecular flexibility index (Phi) is 7.03. The van der Waals surface area contributed by atoms with Gasteiger partial charge in [-0.3, -0.25) is 20.0 Å². The summed E-state index contributed by atoms with van der Waals surface area (Å²) in [6.45, 7) is 9.48. The maximum Gasteiger partial charge on any atom is 0.245 e. The molecule has 1 saturated heterocycles. The van der Waals surface area contributed by atoms with Crippen molar-refractivity contribution in [3.05, 3.63) is 59.7 Å². The van der Waals surface area contributed by atoms with E-state index < -0.39 is 15.3 Å². The predicted molar refractivity (Wildman–Crippen MR) is 126 cm³/mol. The molecule has 3 N–H and O–H groups in total. The van der Waals surface area contributed by atoms with Crippen LogP contribution in [0.3, 0.4) is 0 Å². The monoisotopic (exact) mass is 444 g/mol. The molecule has 3 rings (SSSR count). The average molecular weight is 445 g/mol. The molecule has 1 aliphatic rings. The van der Waals surface area contributed by atoms with Crippen LogP contribution in [-0.4, -0.2) is 38.2 Å². The molecule has 8 heteroatoms. The van der Waals surface area contributed by atoms with E-state index in [0.717, 1.165) is 11.1 Å². The van der Waals surface area contributed by atoms with E-state index in [1.807, 2.05) is 45.0 Å². The number of nitrogens with one attached hydrogen (secondary N) is 3. The van der Waals surface area contributed by atoms with Gasteiger partial charge in [-0.05, 0) is 56.5 Å². The molecule has 2 aromatic rings. The van der Waals surface area contributed by atoms with E-state index in [2.05, 4.69) is 30.0 Å². The van der Waals surface area contributed by atoms with Crippen LogP contribution in [0.25, 0.3) is 0 Å². The summed E-state index contributed by atoms with van der Waals surface area (Å²) in [7, 11) is -3.83. The molecular formula is C23H32N4O3S. The number of anilines is 2. The maximum absolute atomic E-state index is 13.7. The molecule has 168 valence electrons. The average Bonchev–Trinajstić information content (AvgIpc) is 3.06. The van der Waals surface area contributed by atoms with Gasteiger partial charge in [-0.25, -0.2) is 8.42 Å². The SMILES string of the molecule is Cc1ccc(NC(=O)CN(c2ccc(C(C)C)cc2)S(=O)(=O)C2C(C)NNC2C)cc1. The zero-order valence-electron chi connectivity index (χ0n) is 18.7. The second kappa shape index (κ2) is 9.38. The van der Waals surface area contributed by atoms with E-state index in [4.69, 9.17) is 0 Å². The van der Waals surface area contributed by atoms with Crippen molar-refractivity contribution in [1.29, 1.82) is 0 Å². The van der Waals surface area contributed by atoms with Crippen LogP contribution < -0.4 is 20.5 Å². The summed E-state index contributed by atoms with van der Waals surface area (Å²) >= 11 is 0. The lowest BCUT2D eigenvalue weighted by atomic mass is 10.0. The lowest BCUT2D eigenvalue weighted by molar-refractivity contribution is -0.114. The number of aryl methyl sites for hydroxylation is 1. The minimum absolute atomic E-state index is 0.294. The standard InChI is InChI=1S/C23H32N4O3S/c1-15(2)19-8-12-21(13-9-19)27(31(29,30)23-17(4)25-26-18(23)5)14-22(28)24-20-10-6-16(3)7-11-20/h6-13,15,17-18,23,25-26H,14H2,1-5H3,(H,24,28).